The Balaban J connectivity index is 1.50. The number of rotatable bonds is 4. The Kier molecular flexibility index (Phi) is 5.70. The quantitative estimate of drug-likeness (QED) is 0.480. The van der Waals surface area contributed by atoms with Gasteiger partial charge in [0.15, 0.2) is 0 Å². The summed E-state index contributed by atoms with van der Waals surface area (Å²) in [5.41, 5.74) is 0.927. The zero-order valence-corrected chi connectivity index (χ0v) is 20.7. The zero-order chi connectivity index (χ0) is 24.3. The van der Waals surface area contributed by atoms with Crippen LogP contribution in [0.15, 0.2) is 42.5 Å². The van der Waals surface area contributed by atoms with E-state index in [1.54, 1.807) is 12.1 Å². The van der Waals surface area contributed by atoms with Gasteiger partial charge in [-0.2, -0.15) is 0 Å². The molecule has 184 valence electrons. The van der Waals surface area contributed by atoms with E-state index in [0.717, 1.165) is 44.1 Å². The Hall–Kier alpha value is -2.14. The highest BCUT2D eigenvalue weighted by atomic mass is 16.5. The summed E-state index contributed by atoms with van der Waals surface area (Å²) < 4.78 is 11.8. The largest absolute Gasteiger partial charge is 0.465 e. The molecule has 5 nitrogen and oxygen atoms in total. The highest BCUT2D eigenvalue weighted by molar-refractivity contribution is 5.89. The molecule has 5 aliphatic rings. The predicted octanol–water partition coefficient (Wildman–Crippen LogP) is 5.32. The normalized spacial score (nSPS) is 42.9. The number of carbonyl (C=O) groups excluding carboxylic acids is 2. The second-order valence-corrected chi connectivity index (χ2v) is 12.0. The van der Waals surface area contributed by atoms with Gasteiger partial charge in [0, 0.05) is 17.8 Å². The van der Waals surface area contributed by atoms with Crippen LogP contribution in [-0.2, 0) is 14.3 Å². The molecule has 0 amide bonds. The molecule has 1 N–H and O–H groups in total. The van der Waals surface area contributed by atoms with Crippen LogP contribution in [0.3, 0.4) is 0 Å². The lowest BCUT2D eigenvalue weighted by Gasteiger charge is -2.70. The van der Waals surface area contributed by atoms with Crippen LogP contribution < -0.4 is 0 Å². The van der Waals surface area contributed by atoms with Crippen LogP contribution >= 0.6 is 0 Å². The Bertz CT molecular complexity index is 987. The maximum Gasteiger partial charge on any atom is 0.338 e. The lowest BCUT2D eigenvalue weighted by molar-refractivity contribution is -0.248. The van der Waals surface area contributed by atoms with Crippen molar-refractivity contribution in [1.82, 2.24) is 0 Å². The van der Waals surface area contributed by atoms with Gasteiger partial charge in [-0.15, -0.1) is 0 Å². The standard InChI is InChI=1S/C29H38O5/c1-18-21-15-23-28(4)13-8-12-27(3,17-33-19(2)30)22(28)11-14-29(23,24(31)16-21)25(18)34-26(32)20-9-6-5-7-10-20/h5-7,9-10,21-25,31H,1,8,11-17H2,2-4H3/t21?,22?,23?,24-,25+,27-,28-,29?/m1/s1. The summed E-state index contributed by atoms with van der Waals surface area (Å²) in [5, 5.41) is 11.6. The molecule has 1 aromatic carbocycles. The highest BCUT2D eigenvalue weighted by Gasteiger charge is 2.70. The van der Waals surface area contributed by atoms with Crippen molar-refractivity contribution in [3.05, 3.63) is 48.0 Å². The first-order valence-corrected chi connectivity index (χ1v) is 12.9. The van der Waals surface area contributed by atoms with Crippen LogP contribution in [0.2, 0.25) is 0 Å². The second-order valence-electron chi connectivity index (χ2n) is 12.0. The van der Waals surface area contributed by atoms with Gasteiger partial charge in [0.1, 0.15) is 6.10 Å². The lowest BCUT2D eigenvalue weighted by Crippen LogP contribution is -2.69. The van der Waals surface area contributed by atoms with E-state index in [1.807, 2.05) is 18.2 Å². The number of carbonyl (C=O) groups is 2. The van der Waals surface area contributed by atoms with Crippen LogP contribution in [0, 0.1) is 34.0 Å². The topological polar surface area (TPSA) is 72.8 Å². The van der Waals surface area contributed by atoms with Crippen molar-refractivity contribution in [3.63, 3.8) is 0 Å². The minimum absolute atomic E-state index is 0.0108. The number of ether oxygens (including phenoxy) is 2. The summed E-state index contributed by atoms with van der Waals surface area (Å²) in [6.45, 7) is 11.0. The second kappa shape index (κ2) is 8.22. The first kappa shape index (κ1) is 23.6. The smallest absolute Gasteiger partial charge is 0.338 e. The van der Waals surface area contributed by atoms with Crippen molar-refractivity contribution in [2.24, 2.45) is 34.0 Å². The maximum atomic E-state index is 13.1. The van der Waals surface area contributed by atoms with E-state index in [-0.39, 0.29) is 34.6 Å². The van der Waals surface area contributed by atoms with Gasteiger partial charge in [-0.1, -0.05) is 45.0 Å². The third-order valence-corrected chi connectivity index (χ3v) is 10.2. The molecule has 4 unspecified atom stereocenters. The minimum Gasteiger partial charge on any atom is -0.465 e. The fourth-order valence-electron chi connectivity index (χ4n) is 8.78. The van der Waals surface area contributed by atoms with Crippen LogP contribution in [0.1, 0.15) is 76.1 Å². The first-order valence-electron chi connectivity index (χ1n) is 12.9. The Morgan fingerprint density at radius 3 is 2.53 bits per heavy atom. The minimum atomic E-state index is -0.505. The number of aliphatic hydroxyl groups is 1. The summed E-state index contributed by atoms with van der Waals surface area (Å²) in [6, 6.07) is 9.11. The first-order chi connectivity index (χ1) is 16.1. The van der Waals surface area contributed by atoms with E-state index in [2.05, 4.69) is 20.4 Å². The molecule has 5 aliphatic carbocycles. The molecule has 2 bridgehead atoms. The number of aliphatic hydroxyl groups excluding tert-OH is 1. The van der Waals surface area contributed by atoms with Crippen molar-refractivity contribution in [3.8, 4) is 0 Å². The monoisotopic (exact) mass is 466 g/mol. The molecule has 5 fully saturated rings. The third-order valence-electron chi connectivity index (χ3n) is 10.2. The van der Waals surface area contributed by atoms with Gasteiger partial charge in [0.2, 0.25) is 0 Å². The molecule has 5 heteroatoms. The van der Waals surface area contributed by atoms with Crippen molar-refractivity contribution in [2.45, 2.75) is 77.9 Å². The van der Waals surface area contributed by atoms with E-state index in [0.29, 0.717) is 24.5 Å². The van der Waals surface area contributed by atoms with E-state index in [4.69, 9.17) is 9.47 Å². The van der Waals surface area contributed by atoms with Crippen molar-refractivity contribution in [2.75, 3.05) is 6.61 Å². The molecule has 8 atom stereocenters. The summed E-state index contributed by atoms with van der Waals surface area (Å²) in [6.07, 6.45) is 5.67. The molecule has 0 radical (unpaired) electrons. The van der Waals surface area contributed by atoms with E-state index in [9.17, 15) is 14.7 Å². The van der Waals surface area contributed by atoms with Crippen molar-refractivity contribution in [1.29, 1.82) is 0 Å². The van der Waals surface area contributed by atoms with Gasteiger partial charge in [-0.3, -0.25) is 4.79 Å². The zero-order valence-electron chi connectivity index (χ0n) is 20.7. The van der Waals surface area contributed by atoms with Crippen LogP contribution in [0.25, 0.3) is 0 Å². The van der Waals surface area contributed by atoms with E-state index >= 15 is 0 Å². The van der Waals surface area contributed by atoms with Crippen molar-refractivity contribution >= 4 is 11.9 Å². The number of benzene rings is 1. The van der Waals surface area contributed by atoms with Gasteiger partial charge in [-0.25, -0.2) is 4.79 Å². The Labute approximate surface area is 202 Å². The van der Waals surface area contributed by atoms with Crippen LogP contribution in [0.5, 0.6) is 0 Å². The van der Waals surface area contributed by atoms with Gasteiger partial charge in [0.05, 0.1) is 18.3 Å². The Morgan fingerprint density at radius 1 is 1.09 bits per heavy atom. The van der Waals surface area contributed by atoms with Gasteiger partial charge in [0.25, 0.3) is 0 Å². The molecule has 1 aromatic rings. The molecule has 34 heavy (non-hydrogen) atoms. The Morgan fingerprint density at radius 2 is 1.82 bits per heavy atom. The molecule has 0 aromatic heterocycles. The summed E-state index contributed by atoms with van der Waals surface area (Å²) in [5.74, 6) is 0.234. The lowest BCUT2D eigenvalue weighted by atomic mass is 9.35. The predicted molar refractivity (Wildman–Crippen MR) is 129 cm³/mol. The molecule has 1 spiro atoms. The molecule has 5 saturated carbocycles. The fraction of sp³-hybridized carbons (Fsp3) is 0.655. The van der Waals surface area contributed by atoms with Crippen molar-refractivity contribution < 1.29 is 24.2 Å². The SMILES string of the molecule is C=C1C2CC3C(CCC4[C@@](C)(COC(C)=O)CCC[C@@]34C)([C@H](O)C2)[C@H]1OC(=O)c1ccccc1. The highest BCUT2D eigenvalue weighted by Crippen LogP contribution is 2.72. The molecule has 0 heterocycles. The van der Waals surface area contributed by atoms with Gasteiger partial charge in [-0.05, 0) is 79.4 Å². The van der Waals surface area contributed by atoms with E-state index < -0.39 is 17.6 Å². The number of hydrogen-bond donors (Lipinski definition) is 1. The summed E-state index contributed by atoms with van der Waals surface area (Å²) in [4.78, 5) is 24.8. The average molecular weight is 467 g/mol. The summed E-state index contributed by atoms with van der Waals surface area (Å²) in [7, 11) is 0. The number of fused-ring (bicyclic) bond motifs is 3. The van der Waals surface area contributed by atoms with Crippen LogP contribution in [-0.4, -0.2) is 35.9 Å². The molecular weight excluding hydrogens is 428 g/mol. The van der Waals surface area contributed by atoms with E-state index in [1.165, 1.54) is 6.92 Å². The third kappa shape index (κ3) is 3.37. The molecule has 0 aliphatic heterocycles. The van der Waals surface area contributed by atoms with Gasteiger partial charge >= 0.3 is 11.9 Å². The maximum absolute atomic E-state index is 13.1. The van der Waals surface area contributed by atoms with Crippen LogP contribution in [0.4, 0.5) is 0 Å². The molecule has 0 saturated heterocycles. The fourth-order valence-corrected chi connectivity index (χ4v) is 8.78. The molecule has 6 rings (SSSR count). The summed E-state index contributed by atoms with van der Waals surface area (Å²) >= 11 is 0. The number of esters is 2. The number of hydrogen-bond acceptors (Lipinski definition) is 5. The molecular formula is C29H38O5. The van der Waals surface area contributed by atoms with Gasteiger partial charge < -0.3 is 14.6 Å². The average Bonchev–Trinajstić information content (AvgIpc) is 2.81.